The Hall–Kier alpha value is -1.04. The first-order valence-corrected chi connectivity index (χ1v) is 6.83. The molecule has 0 aliphatic carbocycles. The molecule has 1 aromatic rings. The van der Waals surface area contributed by atoms with Gasteiger partial charge in [0, 0.05) is 29.1 Å². The van der Waals surface area contributed by atoms with Crippen molar-refractivity contribution in [2.75, 3.05) is 13.1 Å². The van der Waals surface area contributed by atoms with Gasteiger partial charge in [-0.25, -0.2) is 0 Å². The second kappa shape index (κ2) is 7.53. The highest BCUT2D eigenvalue weighted by Gasteiger charge is 2.20. The Labute approximate surface area is 119 Å². The second-order valence-corrected chi connectivity index (χ2v) is 4.76. The highest BCUT2D eigenvalue weighted by molar-refractivity contribution is 6.62. The molecule has 0 radical (unpaired) electrons. The minimum Gasteiger partial charge on any atom is -0.423 e. The predicted octanol–water partition coefficient (Wildman–Crippen LogP) is 1.28. The van der Waals surface area contributed by atoms with Crippen LogP contribution in [-0.4, -0.2) is 41.1 Å². The first-order chi connectivity index (χ1) is 9.01. The van der Waals surface area contributed by atoms with Crippen molar-refractivity contribution in [1.29, 1.82) is 0 Å². The van der Waals surface area contributed by atoms with E-state index in [4.69, 9.17) is 11.6 Å². The summed E-state index contributed by atoms with van der Waals surface area (Å²) in [5.74, 6) is -0.116. The molecule has 0 aromatic heterocycles. The molecule has 0 bridgehead atoms. The van der Waals surface area contributed by atoms with Crippen molar-refractivity contribution in [1.82, 2.24) is 4.90 Å². The minimum atomic E-state index is -1.68. The molecular weight excluding hydrogens is 264 g/mol. The summed E-state index contributed by atoms with van der Waals surface area (Å²) >= 11 is 5.85. The number of benzene rings is 1. The SMILES string of the molecule is CCCCN(CC)C(=O)c1ccc(Cl)c(B(O)O)c1. The molecule has 0 fully saturated rings. The molecule has 1 aromatic carbocycles. The van der Waals surface area contributed by atoms with Crippen LogP contribution < -0.4 is 5.46 Å². The van der Waals surface area contributed by atoms with Crippen molar-refractivity contribution in [3.8, 4) is 0 Å². The molecule has 0 saturated carbocycles. The lowest BCUT2D eigenvalue weighted by molar-refractivity contribution is 0.0762. The highest BCUT2D eigenvalue weighted by Crippen LogP contribution is 2.11. The molecule has 19 heavy (non-hydrogen) atoms. The molecule has 1 amide bonds. The zero-order valence-electron chi connectivity index (χ0n) is 11.3. The topological polar surface area (TPSA) is 60.8 Å². The highest BCUT2D eigenvalue weighted by atomic mass is 35.5. The molecular formula is C13H19BClNO3. The van der Waals surface area contributed by atoms with Crippen LogP contribution in [0.5, 0.6) is 0 Å². The fourth-order valence-electron chi connectivity index (χ4n) is 1.81. The van der Waals surface area contributed by atoms with Crippen LogP contribution in [0.4, 0.5) is 0 Å². The Bertz CT molecular complexity index is 440. The van der Waals surface area contributed by atoms with Crippen LogP contribution in [0.1, 0.15) is 37.0 Å². The molecule has 0 atom stereocenters. The van der Waals surface area contributed by atoms with Gasteiger partial charge in [0.15, 0.2) is 0 Å². The first kappa shape index (κ1) is 16.0. The standard InChI is InChI=1S/C13H19BClNO3/c1-3-5-8-16(4-2)13(17)10-6-7-12(15)11(9-10)14(18)19/h6-7,9,18-19H,3-5,8H2,1-2H3. The monoisotopic (exact) mass is 283 g/mol. The number of carbonyl (C=O) groups is 1. The molecule has 0 aliphatic heterocycles. The summed E-state index contributed by atoms with van der Waals surface area (Å²) in [6, 6.07) is 4.55. The third kappa shape index (κ3) is 4.23. The Balaban J connectivity index is 2.95. The van der Waals surface area contributed by atoms with Crippen LogP contribution >= 0.6 is 11.6 Å². The molecule has 0 saturated heterocycles. The average Bonchev–Trinajstić information content (AvgIpc) is 2.39. The van der Waals surface area contributed by atoms with Gasteiger partial charge >= 0.3 is 7.12 Å². The van der Waals surface area contributed by atoms with E-state index in [9.17, 15) is 14.8 Å². The minimum absolute atomic E-state index is 0.116. The molecule has 0 spiro atoms. The molecule has 0 unspecified atom stereocenters. The largest absolute Gasteiger partial charge is 0.489 e. The number of halogens is 1. The van der Waals surface area contributed by atoms with E-state index in [-0.39, 0.29) is 16.4 Å². The van der Waals surface area contributed by atoms with Gasteiger partial charge in [0.25, 0.3) is 5.91 Å². The molecule has 6 heteroatoms. The lowest BCUT2D eigenvalue weighted by Crippen LogP contribution is -2.35. The Morgan fingerprint density at radius 2 is 2.05 bits per heavy atom. The smallest absolute Gasteiger partial charge is 0.423 e. The first-order valence-electron chi connectivity index (χ1n) is 6.46. The van der Waals surface area contributed by atoms with Crippen LogP contribution in [0, 0.1) is 0 Å². The molecule has 1 rings (SSSR count). The van der Waals surface area contributed by atoms with Gasteiger partial charge in [0.2, 0.25) is 0 Å². The zero-order valence-corrected chi connectivity index (χ0v) is 12.0. The number of rotatable bonds is 6. The van der Waals surface area contributed by atoms with Crippen LogP contribution in [0.2, 0.25) is 5.02 Å². The quantitative estimate of drug-likeness (QED) is 0.773. The maximum atomic E-state index is 12.3. The lowest BCUT2D eigenvalue weighted by atomic mass is 9.79. The molecule has 2 N–H and O–H groups in total. The lowest BCUT2D eigenvalue weighted by Gasteiger charge is -2.21. The summed E-state index contributed by atoms with van der Waals surface area (Å²) in [7, 11) is -1.68. The number of unbranched alkanes of at least 4 members (excludes halogenated alkanes) is 1. The van der Waals surface area contributed by atoms with Crippen molar-refractivity contribution in [2.24, 2.45) is 0 Å². The van der Waals surface area contributed by atoms with Crippen LogP contribution in [0.15, 0.2) is 18.2 Å². The van der Waals surface area contributed by atoms with Gasteiger partial charge < -0.3 is 14.9 Å². The molecule has 0 aliphatic rings. The number of nitrogens with zero attached hydrogens (tertiary/aromatic N) is 1. The van der Waals surface area contributed by atoms with E-state index in [1.807, 2.05) is 6.92 Å². The molecule has 104 valence electrons. The Kier molecular flexibility index (Phi) is 6.35. The maximum Gasteiger partial charge on any atom is 0.489 e. The van der Waals surface area contributed by atoms with E-state index in [2.05, 4.69) is 6.92 Å². The Morgan fingerprint density at radius 3 is 2.58 bits per heavy atom. The predicted molar refractivity (Wildman–Crippen MR) is 77.8 cm³/mol. The normalized spacial score (nSPS) is 10.4. The number of hydrogen-bond donors (Lipinski definition) is 2. The van der Waals surface area contributed by atoms with Crippen LogP contribution in [0.25, 0.3) is 0 Å². The fraction of sp³-hybridized carbons (Fsp3) is 0.462. The van der Waals surface area contributed by atoms with Crippen molar-refractivity contribution < 1.29 is 14.8 Å². The third-order valence-electron chi connectivity index (χ3n) is 2.97. The fourth-order valence-corrected chi connectivity index (χ4v) is 2.02. The van der Waals surface area contributed by atoms with Crippen molar-refractivity contribution in [3.63, 3.8) is 0 Å². The molecule has 4 nitrogen and oxygen atoms in total. The van der Waals surface area contributed by atoms with Crippen molar-refractivity contribution in [2.45, 2.75) is 26.7 Å². The van der Waals surface area contributed by atoms with Crippen LogP contribution in [-0.2, 0) is 0 Å². The van der Waals surface area contributed by atoms with Gasteiger partial charge in [-0.3, -0.25) is 4.79 Å². The van der Waals surface area contributed by atoms with E-state index in [0.29, 0.717) is 18.7 Å². The number of amides is 1. The van der Waals surface area contributed by atoms with Gasteiger partial charge in [-0.15, -0.1) is 0 Å². The summed E-state index contributed by atoms with van der Waals surface area (Å²) in [4.78, 5) is 14.0. The van der Waals surface area contributed by atoms with Gasteiger partial charge in [-0.2, -0.15) is 0 Å². The maximum absolute atomic E-state index is 12.3. The van der Waals surface area contributed by atoms with E-state index in [0.717, 1.165) is 12.8 Å². The van der Waals surface area contributed by atoms with E-state index in [1.54, 1.807) is 11.0 Å². The van der Waals surface area contributed by atoms with E-state index >= 15 is 0 Å². The van der Waals surface area contributed by atoms with Gasteiger partial charge in [0.05, 0.1) is 0 Å². The summed E-state index contributed by atoms with van der Waals surface area (Å²) in [5, 5.41) is 18.6. The van der Waals surface area contributed by atoms with E-state index in [1.165, 1.54) is 12.1 Å². The second-order valence-electron chi connectivity index (χ2n) is 4.35. The van der Waals surface area contributed by atoms with Crippen LogP contribution in [0.3, 0.4) is 0 Å². The Morgan fingerprint density at radius 1 is 1.37 bits per heavy atom. The van der Waals surface area contributed by atoms with Gasteiger partial charge in [-0.1, -0.05) is 24.9 Å². The van der Waals surface area contributed by atoms with E-state index < -0.39 is 7.12 Å². The third-order valence-corrected chi connectivity index (χ3v) is 3.32. The average molecular weight is 284 g/mol. The van der Waals surface area contributed by atoms with Gasteiger partial charge in [-0.05, 0) is 31.5 Å². The number of carbonyl (C=O) groups excluding carboxylic acids is 1. The van der Waals surface area contributed by atoms with Crippen molar-refractivity contribution >= 4 is 30.1 Å². The van der Waals surface area contributed by atoms with Crippen molar-refractivity contribution in [3.05, 3.63) is 28.8 Å². The summed E-state index contributed by atoms with van der Waals surface area (Å²) in [5.41, 5.74) is 0.574. The zero-order chi connectivity index (χ0) is 14.4. The van der Waals surface area contributed by atoms with Gasteiger partial charge in [0.1, 0.15) is 0 Å². The molecule has 0 heterocycles. The summed E-state index contributed by atoms with van der Waals surface area (Å²) in [6.07, 6.45) is 1.97. The number of hydrogen-bond acceptors (Lipinski definition) is 3. The summed E-state index contributed by atoms with van der Waals surface area (Å²) < 4.78 is 0. The summed E-state index contributed by atoms with van der Waals surface area (Å²) in [6.45, 7) is 5.32.